The topological polar surface area (TPSA) is 85.7 Å². The molecule has 126 valence electrons. The van der Waals surface area contributed by atoms with Crippen molar-refractivity contribution in [1.29, 1.82) is 5.26 Å². The minimum absolute atomic E-state index is 0.0543. The van der Waals surface area contributed by atoms with Gasteiger partial charge in [-0.3, -0.25) is 9.89 Å². The van der Waals surface area contributed by atoms with Gasteiger partial charge in [0.25, 0.3) is 0 Å². The second kappa shape index (κ2) is 8.50. The highest BCUT2D eigenvalue weighted by molar-refractivity contribution is 7.99. The number of rotatable bonds is 7. The predicted molar refractivity (Wildman–Crippen MR) is 95.0 cm³/mol. The van der Waals surface area contributed by atoms with Crippen LogP contribution in [0.25, 0.3) is 0 Å². The molecule has 0 aliphatic heterocycles. The molecule has 2 aromatic rings. The highest BCUT2D eigenvalue weighted by Crippen LogP contribution is 2.21. The van der Waals surface area contributed by atoms with E-state index in [1.165, 1.54) is 17.3 Å². The molecule has 0 fully saturated rings. The van der Waals surface area contributed by atoms with E-state index in [1.54, 1.807) is 4.90 Å². The summed E-state index contributed by atoms with van der Waals surface area (Å²) >= 11 is 1.30. The molecule has 0 saturated heterocycles. The Bertz CT molecular complexity index is 750. The van der Waals surface area contributed by atoms with Crippen molar-refractivity contribution in [2.75, 3.05) is 17.2 Å². The van der Waals surface area contributed by atoms with Crippen LogP contribution < -0.4 is 4.90 Å². The van der Waals surface area contributed by atoms with Crippen LogP contribution in [-0.4, -0.2) is 33.4 Å². The number of aromatic amines is 1. The number of H-pyrrole nitrogens is 1. The Balaban J connectivity index is 2.09. The fourth-order valence-electron chi connectivity index (χ4n) is 2.16. The summed E-state index contributed by atoms with van der Waals surface area (Å²) in [5.41, 5.74) is 3.12. The van der Waals surface area contributed by atoms with E-state index in [-0.39, 0.29) is 11.7 Å². The highest BCUT2D eigenvalue weighted by atomic mass is 32.2. The summed E-state index contributed by atoms with van der Waals surface area (Å²) in [4.78, 5) is 18.6. The van der Waals surface area contributed by atoms with Crippen LogP contribution in [0, 0.1) is 25.2 Å². The van der Waals surface area contributed by atoms with Gasteiger partial charge in [-0.05, 0) is 37.1 Å². The number of hydrogen-bond acceptors (Lipinski definition) is 5. The Hall–Kier alpha value is -2.33. The maximum absolute atomic E-state index is 12.6. The van der Waals surface area contributed by atoms with Crippen molar-refractivity contribution < 1.29 is 4.79 Å². The van der Waals surface area contributed by atoms with E-state index in [9.17, 15) is 4.79 Å². The monoisotopic (exact) mass is 343 g/mol. The molecule has 2 rings (SSSR count). The number of hydrogen-bond donors (Lipinski definition) is 1. The van der Waals surface area contributed by atoms with Gasteiger partial charge in [0, 0.05) is 18.7 Å². The molecule has 0 aliphatic carbocycles. The summed E-state index contributed by atoms with van der Waals surface area (Å²) in [6.07, 6.45) is 1.07. The molecule has 6 nitrogen and oxygen atoms in total. The fourth-order valence-corrected chi connectivity index (χ4v) is 2.85. The largest absolute Gasteiger partial charge is 0.311 e. The molecule has 0 radical (unpaired) electrons. The predicted octanol–water partition coefficient (Wildman–Crippen LogP) is 3.02. The van der Waals surface area contributed by atoms with Gasteiger partial charge in [-0.15, -0.1) is 5.10 Å². The number of carbonyl (C=O) groups excluding carboxylic acids is 1. The smallest absolute Gasteiger partial charge is 0.237 e. The van der Waals surface area contributed by atoms with Gasteiger partial charge in [0.15, 0.2) is 0 Å². The number of nitrogens with one attached hydrogen (secondary N) is 1. The Morgan fingerprint density at radius 2 is 2.17 bits per heavy atom. The van der Waals surface area contributed by atoms with Gasteiger partial charge in [-0.2, -0.15) is 5.26 Å². The number of benzene rings is 1. The summed E-state index contributed by atoms with van der Waals surface area (Å²) in [5.74, 6) is 0.987. The van der Waals surface area contributed by atoms with Crippen LogP contribution in [0.15, 0.2) is 23.4 Å². The quantitative estimate of drug-likeness (QED) is 0.781. The first-order valence-electron chi connectivity index (χ1n) is 7.83. The second-order valence-electron chi connectivity index (χ2n) is 5.43. The molecule has 0 atom stereocenters. The van der Waals surface area contributed by atoms with Crippen LogP contribution in [0.3, 0.4) is 0 Å². The number of nitrogens with zero attached hydrogens (tertiary/aromatic N) is 4. The number of aromatic nitrogens is 3. The minimum Gasteiger partial charge on any atom is -0.311 e. The fraction of sp³-hybridized carbons (Fsp3) is 0.412. The molecule has 0 aliphatic rings. The first-order valence-corrected chi connectivity index (χ1v) is 8.82. The van der Waals surface area contributed by atoms with E-state index in [1.807, 2.05) is 39.0 Å². The van der Waals surface area contributed by atoms with Crippen LogP contribution in [0.5, 0.6) is 0 Å². The minimum atomic E-state index is -0.0543. The summed E-state index contributed by atoms with van der Waals surface area (Å²) in [6.45, 7) is 6.42. The molecular formula is C17H21N5OS. The summed E-state index contributed by atoms with van der Waals surface area (Å²) < 4.78 is 0. The number of carbonyl (C=O) groups is 1. The summed E-state index contributed by atoms with van der Waals surface area (Å²) in [7, 11) is 0. The van der Waals surface area contributed by atoms with Crippen molar-refractivity contribution in [3.8, 4) is 6.07 Å². The molecule has 0 saturated carbocycles. The number of thioether (sulfide) groups is 1. The summed E-state index contributed by atoms with van der Waals surface area (Å²) in [6, 6.07) is 8.00. The van der Waals surface area contributed by atoms with Crippen molar-refractivity contribution in [1.82, 2.24) is 15.2 Å². The maximum atomic E-state index is 12.6. The third kappa shape index (κ3) is 4.59. The lowest BCUT2D eigenvalue weighted by molar-refractivity contribution is -0.116. The number of nitriles is 1. The van der Waals surface area contributed by atoms with E-state index in [4.69, 9.17) is 5.26 Å². The zero-order chi connectivity index (χ0) is 17.5. The molecule has 0 bridgehead atoms. The third-order valence-corrected chi connectivity index (χ3v) is 4.55. The van der Waals surface area contributed by atoms with Crippen molar-refractivity contribution in [3.05, 3.63) is 35.2 Å². The number of aryl methyl sites for hydroxylation is 3. The molecule has 0 spiro atoms. The first-order chi connectivity index (χ1) is 11.5. The van der Waals surface area contributed by atoms with E-state index in [0.29, 0.717) is 18.1 Å². The maximum Gasteiger partial charge on any atom is 0.237 e. The lowest BCUT2D eigenvalue weighted by Crippen LogP contribution is -2.33. The molecule has 24 heavy (non-hydrogen) atoms. The van der Waals surface area contributed by atoms with Crippen LogP contribution in [0.2, 0.25) is 0 Å². The Labute approximate surface area is 146 Å². The van der Waals surface area contributed by atoms with E-state index >= 15 is 0 Å². The van der Waals surface area contributed by atoms with E-state index in [0.717, 1.165) is 23.5 Å². The lowest BCUT2D eigenvalue weighted by Gasteiger charge is -2.22. The normalized spacial score (nSPS) is 10.4. The molecule has 7 heteroatoms. The Kier molecular flexibility index (Phi) is 6.38. The Morgan fingerprint density at radius 3 is 2.79 bits per heavy atom. The average molecular weight is 343 g/mol. The van der Waals surface area contributed by atoms with Crippen molar-refractivity contribution in [2.24, 2.45) is 0 Å². The van der Waals surface area contributed by atoms with Crippen molar-refractivity contribution in [3.63, 3.8) is 0 Å². The van der Waals surface area contributed by atoms with Crippen LogP contribution in [0.4, 0.5) is 5.69 Å². The standard InChI is InChI=1S/C17H21N5OS/c1-4-15-19-17(21-20-15)24-11-16(23)22(9-5-8-18)14-7-6-12(2)13(3)10-14/h6-7,10H,4-5,9,11H2,1-3H3,(H,19,20,21). The van der Waals surface area contributed by atoms with Crippen LogP contribution in [0.1, 0.15) is 30.3 Å². The number of amides is 1. The molecule has 1 heterocycles. The van der Waals surface area contributed by atoms with Gasteiger partial charge in [-0.25, -0.2) is 4.98 Å². The van der Waals surface area contributed by atoms with Gasteiger partial charge in [0.05, 0.1) is 18.2 Å². The molecule has 1 aromatic carbocycles. The average Bonchev–Trinajstić information content (AvgIpc) is 3.04. The molecule has 1 aromatic heterocycles. The van der Waals surface area contributed by atoms with Gasteiger partial charge in [-0.1, -0.05) is 24.8 Å². The van der Waals surface area contributed by atoms with Gasteiger partial charge >= 0.3 is 0 Å². The zero-order valence-corrected chi connectivity index (χ0v) is 15.0. The lowest BCUT2D eigenvalue weighted by atomic mass is 10.1. The zero-order valence-electron chi connectivity index (χ0n) is 14.2. The molecular weight excluding hydrogens is 322 g/mol. The van der Waals surface area contributed by atoms with Crippen molar-refractivity contribution >= 4 is 23.4 Å². The van der Waals surface area contributed by atoms with E-state index in [2.05, 4.69) is 21.3 Å². The van der Waals surface area contributed by atoms with Gasteiger partial charge in [0.1, 0.15) is 5.82 Å². The van der Waals surface area contributed by atoms with E-state index < -0.39 is 0 Å². The molecule has 1 N–H and O–H groups in total. The third-order valence-electron chi connectivity index (χ3n) is 3.72. The molecule has 1 amide bonds. The van der Waals surface area contributed by atoms with Crippen molar-refractivity contribution in [2.45, 2.75) is 38.8 Å². The second-order valence-corrected chi connectivity index (χ2v) is 6.37. The number of anilines is 1. The molecule has 0 unspecified atom stereocenters. The van der Waals surface area contributed by atoms with Crippen LogP contribution in [-0.2, 0) is 11.2 Å². The highest BCUT2D eigenvalue weighted by Gasteiger charge is 2.17. The summed E-state index contributed by atoms with van der Waals surface area (Å²) in [5, 5.41) is 16.4. The van der Waals surface area contributed by atoms with Gasteiger partial charge in [0.2, 0.25) is 11.1 Å². The SMILES string of the molecule is CCc1nc(SCC(=O)N(CCC#N)c2ccc(C)c(C)c2)n[nH]1. The first kappa shape index (κ1) is 18.0. The Morgan fingerprint density at radius 1 is 1.38 bits per heavy atom. The van der Waals surface area contributed by atoms with Gasteiger partial charge < -0.3 is 4.90 Å². The van der Waals surface area contributed by atoms with Crippen LogP contribution >= 0.6 is 11.8 Å².